The van der Waals surface area contributed by atoms with Gasteiger partial charge in [-0.1, -0.05) is 0 Å². The van der Waals surface area contributed by atoms with Crippen LogP contribution < -0.4 is 21.3 Å². The highest BCUT2D eigenvalue weighted by atomic mass is 16.5. The van der Waals surface area contributed by atoms with E-state index < -0.39 is 0 Å². The molecule has 0 aliphatic carbocycles. The fourth-order valence-electron chi connectivity index (χ4n) is 1.98. The highest BCUT2D eigenvalue weighted by Gasteiger charge is 2.05. The SMILES string of the molecule is CCOc1ccc(NCc2cc(=O)n(C)c(=O)n2C)cc1. The first-order chi connectivity index (χ1) is 10.0. The number of rotatable bonds is 5. The van der Waals surface area contributed by atoms with Crippen LogP contribution in [0.3, 0.4) is 0 Å². The molecule has 2 rings (SSSR count). The summed E-state index contributed by atoms with van der Waals surface area (Å²) in [5, 5.41) is 3.18. The molecule has 21 heavy (non-hydrogen) atoms. The Morgan fingerprint density at radius 2 is 1.76 bits per heavy atom. The highest BCUT2D eigenvalue weighted by molar-refractivity contribution is 5.46. The molecule has 0 aliphatic heterocycles. The second kappa shape index (κ2) is 6.30. The third-order valence-electron chi connectivity index (χ3n) is 3.26. The summed E-state index contributed by atoms with van der Waals surface area (Å²) in [4.78, 5) is 23.5. The molecule has 0 aliphatic rings. The van der Waals surface area contributed by atoms with Gasteiger partial charge in [0, 0.05) is 31.5 Å². The largest absolute Gasteiger partial charge is 0.494 e. The molecule has 0 atom stereocenters. The van der Waals surface area contributed by atoms with Crippen molar-refractivity contribution in [3.8, 4) is 5.75 Å². The standard InChI is InChI=1S/C15H19N3O3/c1-4-21-13-7-5-11(6-8-13)16-10-12-9-14(19)18(3)15(20)17(12)2/h5-9,16H,4,10H2,1-3H3. The quantitative estimate of drug-likeness (QED) is 0.895. The van der Waals surface area contributed by atoms with Gasteiger partial charge in [0.15, 0.2) is 0 Å². The monoisotopic (exact) mass is 289 g/mol. The van der Waals surface area contributed by atoms with Crippen molar-refractivity contribution in [1.29, 1.82) is 0 Å². The van der Waals surface area contributed by atoms with Crippen molar-refractivity contribution in [3.63, 3.8) is 0 Å². The number of ether oxygens (including phenoxy) is 1. The van der Waals surface area contributed by atoms with E-state index in [-0.39, 0.29) is 11.2 Å². The van der Waals surface area contributed by atoms with Gasteiger partial charge in [0.2, 0.25) is 0 Å². The first-order valence-electron chi connectivity index (χ1n) is 6.75. The molecule has 0 fully saturated rings. The molecular formula is C15H19N3O3. The maximum Gasteiger partial charge on any atom is 0.330 e. The number of nitrogens with zero attached hydrogens (tertiary/aromatic N) is 2. The van der Waals surface area contributed by atoms with Crippen molar-refractivity contribution < 1.29 is 4.74 Å². The Kier molecular flexibility index (Phi) is 4.47. The lowest BCUT2D eigenvalue weighted by Gasteiger charge is -2.11. The molecule has 0 saturated carbocycles. The molecule has 0 bridgehead atoms. The molecule has 0 unspecified atom stereocenters. The van der Waals surface area contributed by atoms with Gasteiger partial charge in [0.25, 0.3) is 5.56 Å². The molecule has 0 radical (unpaired) electrons. The lowest BCUT2D eigenvalue weighted by molar-refractivity contribution is 0.340. The van der Waals surface area contributed by atoms with Gasteiger partial charge in [-0.3, -0.25) is 13.9 Å². The van der Waals surface area contributed by atoms with Gasteiger partial charge in [-0.25, -0.2) is 4.79 Å². The number of hydrogen-bond donors (Lipinski definition) is 1. The van der Waals surface area contributed by atoms with Crippen LogP contribution in [0.1, 0.15) is 12.6 Å². The smallest absolute Gasteiger partial charge is 0.330 e. The first-order valence-corrected chi connectivity index (χ1v) is 6.75. The Bertz CT molecular complexity index is 729. The zero-order valence-electron chi connectivity index (χ0n) is 12.4. The minimum absolute atomic E-state index is 0.304. The summed E-state index contributed by atoms with van der Waals surface area (Å²) >= 11 is 0. The number of hydrogen-bond acceptors (Lipinski definition) is 4. The Labute approximate surface area is 122 Å². The summed E-state index contributed by atoms with van der Waals surface area (Å²) in [5.41, 5.74) is 0.899. The lowest BCUT2D eigenvalue weighted by Crippen LogP contribution is -2.38. The van der Waals surface area contributed by atoms with Gasteiger partial charge in [0.05, 0.1) is 13.2 Å². The van der Waals surface area contributed by atoms with E-state index in [9.17, 15) is 9.59 Å². The number of anilines is 1. The maximum absolute atomic E-state index is 11.8. The van der Waals surface area contributed by atoms with Gasteiger partial charge >= 0.3 is 5.69 Å². The van der Waals surface area contributed by atoms with Crippen LogP contribution in [0, 0.1) is 0 Å². The average molecular weight is 289 g/mol. The third-order valence-corrected chi connectivity index (χ3v) is 3.26. The van der Waals surface area contributed by atoms with Crippen LogP contribution >= 0.6 is 0 Å². The van der Waals surface area contributed by atoms with Gasteiger partial charge in [-0.15, -0.1) is 0 Å². The zero-order chi connectivity index (χ0) is 15.4. The second-order valence-corrected chi connectivity index (χ2v) is 4.69. The van der Waals surface area contributed by atoms with E-state index in [1.807, 2.05) is 31.2 Å². The van der Waals surface area contributed by atoms with E-state index >= 15 is 0 Å². The Morgan fingerprint density at radius 1 is 1.10 bits per heavy atom. The molecule has 1 heterocycles. The van der Waals surface area contributed by atoms with Crippen LogP contribution in [0.5, 0.6) is 5.75 Å². The molecule has 6 heteroatoms. The highest BCUT2D eigenvalue weighted by Crippen LogP contribution is 2.15. The molecule has 1 aromatic carbocycles. The van der Waals surface area contributed by atoms with Gasteiger partial charge in [-0.05, 0) is 31.2 Å². The zero-order valence-corrected chi connectivity index (χ0v) is 12.4. The summed E-state index contributed by atoms with van der Waals surface area (Å²) in [6.45, 7) is 2.96. The maximum atomic E-state index is 11.8. The summed E-state index contributed by atoms with van der Waals surface area (Å²) < 4.78 is 7.92. The predicted molar refractivity (Wildman–Crippen MR) is 81.9 cm³/mol. The van der Waals surface area contributed by atoms with E-state index in [1.54, 1.807) is 7.05 Å². The Morgan fingerprint density at radius 3 is 2.38 bits per heavy atom. The summed E-state index contributed by atoms with van der Waals surface area (Å²) in [5.74, 6) is 0.809. The normalized spacial score (nSPS) is 10.4. The molecule has 112 valence electrons. The van der Waals surface area contributed by atoms with E-state index in [2.05, 4.69) is 5.32 Å². The molecule has 1 aromatic heterocycles. The summed E-state index contributed by atoms with van der Waals surface area (Å²) in [7, 11) is 3.12. The van der Waals surface area contributed by atoms with Crippen LogP contribution in [-0.2, 0) is 20.6 Å². The Balaban J connectivity index is 2.13. The van der Waals surface area contributed by atoms with Crippen LogP contribution in [-0.4, -0.2) is 15.7 Å². The van der Waals surface area contributed by atoms with Crippen molar-refractivity contribution in [2.75, 3.05) is 11.9 Å². The predicted octanol–water partition coefficient (Wildman–Crippen LogP) is 1.09. The van der Waals surface area contributed by atoms with E-state index in [4.69, 9.17) is 4.74 Å². The van der Waals surface area contributed by atoms with Crippen LogP contribution in [0.4, 0.5) is 5.69 Å². The van der Waals surface area contributed by atoms with Crippen molar-refractivity contribution in [2.45, 2.75) is 13.5 Å². The Hall–Kier alpha value is -2.50. The molecule has 0 amide bonds. The molecule has 0 spiro atoms. The van der Waals surface area contributed by atoms with Crippen molar-refractivity contribution in [3.05, 3.63) is 56.9 Å². The van der Waals surface area contributed by atoms with Crippen molar-refractivity contribution >= 4 is 5.69 Å². The third kappa shape index (κ3) is 3.34. The fourth-order valence-corrected chi connectivity index (χ4v) is 1.98. The molecule has 2 aromatic rings. The van der Waals surface area contributed by atoms with Crippen LogP contribution in [0.2, 0.25) is 0 Å². The molecular weight excluding hydrogens is 270 g/mol. The van der Waals surface area contributed by atoms with Crippen molar-refractivity contribution in [2.24, 2.45) is 14.1 Å². The average Bonchev–Trinajstić information content (AvgIpc) is 2.49. The molecule has 0 saturated heterocycles. The van der Waals surface area contributed by atoms with E-state index in [1.165, 1.54) is 17.7 Å². The minimum atomic E-state index is -0.328. The lowest BCUT2D eigenvalue weighted by atomic mass is 10.3. The number of benzene rings is 1. The van der Waals surface area contributed by atoms with E-state index in [0.29, 0.717) is 18.8 Å². The van der Waals surface area contributed by atoms with Gasteiger partial charge < -0.3 is 10.1 Å². The topological polar surface area (TPSA) is 65.3 Å². The van der Waals surface area contributed by atoms with Crippen LogP contribution in [0.15, 0.2) is 39.9 Å². The second-order valence-electron chi connectivity index (χ2n) is 4.69. The van der Waals surface area contributed by atoms with Crippen molar-refractivity contribution in [1.82, 2.24) is 9.13 Å². The minimum Gasteiger partial charge on any atom is -0.494 e. The number of nitrogens with one attached hydrogen (secondary N) is 1. The summed E-state index contributed by atoms with van der Waals surface area (Å²) in [6.07, 6.45) is 0. The number of aromatic nitrogens is 2. The van der Waals surface area contributed by atoms with E-state index in [0.717, 1.165) is 16.0 Å². The molecule has 1 N–H and O–H groups in total. The van der Waals surface area contributed by atoms with Gasteiger partial charge in [-0.2, -0.15) is 0 Å². The molecule has 6 nitrogen and oxygen atoms in total. The first kappa shape index (κ1) is 14.9. The van der Waals surface area contributed by atoms with Crippen LogP contribution in [0.25, 0.3) is 0 Å². The summed E-state index contributed by atoms with van der Waals surface area (Å²) in [6, 6.07) is 8.99. The fraction of sp³-hybridized carbons (Fsp3) is 0.333. The van der Waals surface area contributed by atoms with Gasteiger partial charge in [0.1, 0.15) is 5.75 Å².